The third kappa shape index (κ3) is 3.50. The maximum absolute atomic E-state index is 12.1. The Morgan fingerprint density at radius 3 is 2.63 bits per heavy atom. The zero-order chi connectivity index (χ0) is 14.2. The van der Waals surface area contributed by atoms with Crippen molar-refractivity contribution in [2.75, 3.05) is 6.54 Å². The van der Waals surface area contributed by atoms with E-state index in [1.807, 2.05) is 20.8 Å². The number of rotatable bonds is 0. The van der Waals surface area contributed by atoms with Gasteiger partial charge in [-0.15, -0.1) is 0 Å². The largest absolute Gasteiger partial charge is 0.444 e. The highest BCUT2D eigenvalue weighted by Crippen LogP contribution is 2.26. The number of benzene rings is 1. The number of nitrogens with zero attached hydrogens (tertiary/aromatic N) is 1. The van der Waals surface area contributed by atoms with Gasteiger partial charge in [-0.05, 0) is 56.9 Å². The lowest BCUT2D eigenvalue weighted by Crippen LogP contribution is -2.39. The van der Waals surface area contributed by atoms with Crippen LogP contribution in [-0.2, 0) is 17.7 Å². The first kappa shape index (κ1) is 14.4. The zero-order valence-corrected chi connectivity index (χ0v) is 13.5. The normalized spacial score (nSPS) is 15.1. The van der Waals surface area contributed by atoms with E-state index in [-0.39, 0.29) is 6.09 Å². The lowest BCUT2D eigenvalue weighted by molar-refractivity contribution is 0.0224. The highest BCUT2D eigenvalue weighted by atomic mass is 79.9. The molecule has 1 heterocycles. The van der Waals surface area contributed by atoms with E-state index in [2.05, 4.69) is 35.0 Å². The molecule has 4 heteroatoms. The Labute approximate surface area is 123 Å². The van der Waals surface area contributed by atoms with Crippen LogP contribution in [0.15, 0.2) is 16.6 Å². The molecule has 2 rings (SSSR count). The van der Waals surface area contributed by atoms with Gasteiger partial charge in [0.1, 0.15) is 5.60 Å². The molecule has 1 aromatic rings. The molecule has 0 bridgehead atoms. The maximum Gasteiger partial charge on any atom is 0.410 e. The third-order valence-corrected chi connectivity index (χ3v) is 4.00. The zero-order valence-electron chi connectivity index (χ0n) is 11.9. The molecule has 0 N–H and O–H groups in total. The van der Waals surface area contributed by atoms with Crippen LogP contribution in [0.3, 0.4) is 0 Å². The van der Waals surface area contributed by atoms with E-state index in [4.69, 9.17) is 4.74 Å². The number of ether oxygens (including phenoxy) is 1. The van der Waals surface area contributed by atoms with Crippen LogP contribution in [-0.4, -0.2) is 23.1 Å². The molecule has 0 saturated carbocycles. The second-order valence-corrected chi connectivity index (χ2v) is 6.88. The number of amides is 1. The first-order valence-electron chi connectivity index (χ1n) is 6.52. The van der Waals surface area contributed by atoms with Gasteiger partial charge in [0.15, 0.2) is 0 Å². The highest BCUT2D eigenvalue weighted by Gasteiger charge is 2.25. The quantitative estimate of drug-likeness (QED) is 0.720. The molecule has 1 aliphatic rings. The van der Waals surface area contributed by atoms with Gasteiger partial charge in [0.25, 0.3) is 0 Å². The predicted molar refractivity (Wildman–Crippen MR) is 79.2 cm³/mol. The second kappa shape index (κ2) is 5.16. The fourth-order valence-corrected chi connectivity index (χ4v) is 2.58. The van der Waals surface area contributed by atoms with Gasteiger partial charge in [-0.1, -0.05) is 22.0 Å². The Kier molecular flexibility index (Phi) is 3.90. The van der Waals surface area contributed by atoms with Crippen molar-refractivity contribution in [2.24, 2.45) is 0 Å². The van der Waals surface area contributed by atoms with Crippen LogP contribution >= 0.6 is 15.9 Å². The van der Waals surface area contributed by atoms with Crippen molar-refractivity contribution in [1.82, 2.24) is 4.90 Å². The molecular weight excluding hydrogens is 306 g/mol. The Morgan fingerprint density at radius 1 is 1.32 bits per heavy atom. The molecule has 0 saturated heterocycles. The minimum absolute atomic E-state index is 0.223. The number of carbonyl (C=O) groups excluding carboxylic acids is 1. The average Bonchev–Trinajstić information content (AvgIpc) is 2.27. The van der Waals surface area contributed by atoms with Crippen molar-refractivity contribution in [1.29, 1.82) is 0 Å². The van der Waals surface area contributed by atoms with Crippen LogP contribution in [0.4, 0.5) is 4.79 Å². The molecule has 0 aliphatic carbocycles. The van der Waals surface area contributed by atoms with Gasteiger partial charge in [0, 0.05) is 17.6 Å². The molecule has 0 fully saturated rings. The van der Waals surface area contributed by atoms with Crippen molar-refractivity contribution in [3.63, 3.8) is 0 Å². The summed E-state index contributed by atoms with van der Waals surface area (Å²) in [5.74, 6) is 0. The fourth-order valence-electron chi connectivity index (χ4n) is 2.18. The van der Waals surface area contributed by atoms with Crippen molar-refractivity contribution in [3.05, 3.63) is 33.3 Å². The molecule has 0 atom stereocenters. The van der Waals surface area contributed by atoms with Crippen LogP contribution in [0, 0.1) is 6.92 Å². The van der Waals surface area contributed by atoms with Crippen LogP contribution in [0.2, 0.25) is 0 Å². The van der Waals surface area contributed by atoms with E-state index in [1.165, 1.54) is 16.7 Å². The SMILES string of the molecule is Cc1cc2c(cc1Br)CCN(C(=O)OC(C)(C)C)C2. The van der Waals surface area contributed by atoms with Crippen LogP contribution in [0.25, 0.3) is 0 Å². The standard InChI is InChI=1S/C15H20BrNO2/c1-10-7-12-9-17(14(18)19-15(2,3)4)6-5-11(12)8-13(10)16/h7-8H,5-6,9H2,1-4H3. The van der Waals surface area contributed by atoms with Gasteiger partial charge in [-0.2, -0.15) is 0 Å². The lowest BCUT2D eigenvalue weighted by Gasteiger charge is -2.31. The van der Waals surface area contributed by atoms with E-state index in [0.29, 0.717) is 6.54 Å². The van der Waals surface area contributed by atoms with Crippen LogP contribution in [0.1, 0.15) is 37.5 Å². The molecule has 1 aromatic carbocycles. The van der Waals surface area contributed by atoms with Crippen LogP contribution in [0.5, 0.6) is 0 Å². The number of fused-ring (bicyclic) bond motifs is 1. The van der Waals surface area contributed by atoms with Crippen LogP contribution < -0.4 is 0 Å². The van der Waals surface area contributed by atoms with Gasteiger partial charge in [-0.25, -0.2) is 4.79 Å². The van der Waals surface area contributed by atoms with Gasteiger partial charge in [-0.3, -0.25) is 0 Å². The first-order chi connectivity index (χ1) is 8.76. The molecule has 1 amide bonds. The minimum atomic E-state index is -0.438. The maximum atomic E-state index is 12.1. The summed E-state index contributed by atoms with van der Waals surface area (Å²) >= 11 is 3.55. The predicted octanol–water partition coefficient (Wildman–Crippen LogP) is 4.05. The molecule has 1 aliphatic heterocycles. The summed E-state index contributed by atoms with van der Waals surface area (Å²) in [6.45, 7) is 9.10. The highest BCUT2D eigenvalue weighted by molar-refractivity contribution is 9.10. The summed E-state index contributed by atoms with van der Waals surface area (Å²) in [5, 5.41) is 0. The van der Waals surface area contributed by atoms with E-state index in [1.54, 1.807) is 4.90 Å². The summed E-state index contributed by atoms with van der Waals surface area (Å²) in [4.78, 5) is 13.8. The summed E-state index contributed by atoms with van der Waals surface area (Å²) in [6.07, 6.45) is 0.659. The Bertz CT molecular complexity index is 506. The van der Waals surface area contributed by atoms with E-state index < -0.39 is 5.60 Å². The number of carbonyl (C=O) groups is 1. The van der Waals surface area contributed by atoms with Gasteiger partial charge >= 0.3 is 6.09 Å². The third-order valence-electron chi connectivity index (χ3n) is 3.14. The molecule has 0 spiro atoms. The Morgan fingerprint density at radius 2 is 2.00 bits per heavy atom. The summed E-state index contributed by atoms with van der Waals surface area (Å²) in [6, 6.07) is 4.31. The van der Waals surface area contributed by atoms with Gasteiger partial charge < -0.3 is 9.64 Å². The molecule has 3 nitrogen and oxygen atoms in total. The van der Waals surface area contributed by atoms with Gasteiger partial charge in [0.2, 0.25) is 0 Å². The number of halogens is 1. The number of hydrogen-bond acceptors (Lipinski definition) is 2. The summed E-state index contributed by atoms with van der Waals surface area (Å²) in [7, 11) is 0. The van der Waals surface area contributed by atoms with Crippen molar-refractivity contribution >= 4 is 22.0 Å². The first-order valence-corrected chi connectivity index (χ1v) is 7.31. The topological polar surface area (TPSA) is 29.5 Å². The van der Waals surface area contributed by atoms with Gasteiger partial charge in [0.05, 0.1) is 0 Å². The van der Waals surface area contributed by atoms with Crippen molar-refractivity contribution in [2.45, 2.75) is 46.3 Å². The van der Waals surface area contributed by atoms with E-state index in [0.717, 1.165) is 17.4 Å². The molecule has 0 unspecified atom stereocenters. The molecule has 0 aromatic heterocycles. The lowest BCUT2D eigenvalue weighted by atomic mass is 9.98. The second-order valence-electron chi connectivity index (χ2n) is 6.02. The number of aryl methyl sites for hydroxylation is 1. The van der Waals surface area contributed by atoms with Crippen molar-refractivity contribution < 1.29 is 9.53 Å². The van der Waals surface area contributed by atoms with E-state index in [9.17, 15) is 4.79 Å². The smallest absolute Gasteiger partial charge is 0.410 e. The number of hydrogen-bond donors (Lipinski definition) is 0. The van der Waals surface area contributed by atoms with Crippen molar-refractivity contribution in [3.8, 4) is 0 Å². The monoisotopic (exact) mass is 325 g/mol. The summed E-state index contributed by atoms with van der Waals surface area (Å²) in [5.41, 5.74) is 3.30. The average molecular weight is 326 g/mol. The molecule has 19 heavy (non-hydrogen) atoms. The minimum Gasteiger partial charge on any atom is -0.444 e. The molecule has 104 valence electrons. The Balaban J connectivity index is 2.14. The molecule has 0 radical (unpaired) electrons. The Hall–Kier alpha value is -1.03. The molecular formula is C15H20BrNO2. The van der Waals surface area contributed by atoms with E-state index >= 15 is 0 Å². The summed E-state index contributed by atoms with van der Waals surface area (Å²) < 4.78 is 6.56. The fraction of sp³-hybridized carbons (Fsp3) is 0.533.